The smallest absolute Gasteiger partial charge is 0.327 e. The number of likely N-dealkylation sites (N-methyl/N-ethyl adjacent to an activating group) is 1. The van der Waals surface area contributed by atoms with Crippen LogP contribution in [-0.2, 0) is 40.0 Å². The van der Waals surface area contributed by atoms with E-state index in [1.165, 1.54) is 11.9 Å². The number of carboxylic acid groups (broad SMARTS) is 1. The van der Waals surface area contributed by atoms with Crippen LogP contribution in [0.5, 0.6) is 0 Å². The molecule has 0 spiro atoms. The molecule has 0 bridgehead atoms. The molecule has 2 rings (SSSR count). The quantitative estimate of drug-likeness (QED) is 0.0472. The number of aliphatic carboxylic acids is 1. The number of hydrogen-bond donors (Lipinski definition) is 9. The van der Waals surface area contributed by atoms with Crippen molar-refractivity contribution in [3.63, 3.8) is 0 Å². The van der Waals surface area contributed by atoms with Crippen molar-refractivity contribution in [3.8, 4) is 0 Å². The van der Waals surface area contributed by atoms with Gasteiger partial charge in [0.2, 0.25) is 35.4 Å². The molecule has 0 aliphatic carbocycles. The van der Waals surface area contributed by atoms with Gasteiger partial charge >= 0.3 is 5.97 Å². The van der Waals surface area contributed by atoms with Gasteiger partial charge < -0.3 is 48.1 Å². The minimum Gasteiger partial charge on any atom is -0.480 e. The van der Waals surface area contributed by atoms with Gasteiger partial charge in [-0.05, 0) is 24.3 Å². The summed E-state index contributed by atoms with van der Waals surface area (Å²) in [7, 11) is 1.40. The first-order valence-corrected chi connectivity index (χ1v) is 15.9. The number of nitrogens with zero attached hydrogens (tertiary/aromatic N) is 2. The molecule has 1 fully saturated rings. The number of benzene rings is 1. The van der Waals surface area contributed by atoms with E-state index in [1.54, 1.807) is 44.2 Å². The molecule has 1 unspecified atom stereocenters. The summed E-state index contributed by atoms with van der Waals surface area (Å²) < 4.78 is 0. The number of aliphatic imine (C=N–C) groups is 1. The summed E-state index contributed by atoms with van der Waals surface area (Å²) in [6.45, 7) is 2.95. The van der Waals surface area contributed by atoms with Crippen LogP contribution in [0.15, 0.2) is 35.3 Å². The molecule has 18 heteroatoms. The first kappa shape index (κ1) is 39.3. The highest BCUT2D eigenvalue weighted by Crippen LogP contribution is 2.15. The fourth-order valence-electron chi connectivity index (χ4n) is 5.03. The molecular formula is C30H45N9O8S. The van der Waals surface area contributed by atoms with E-state index in [-0.39, 0.29) is 37.5 Å². The summed E-state index contributed by atoms with van der Waals surface area (Å²) in [5.74, 6) is -6.90. The Labute approximate surface area is 283 Å². The number of nitrogens with one attached hydrogen (secondary N) is 5. The molecule has 1 heterocycles. The SMILES string of the molecule is CC(C)C1C(=O)N[C@@H](CCCN=C(N)N)C(=O)NCC(=O)N[C@@H](CC(=O)N[C@H](CS)C(=O)O)C(=O)N[C@H](Cc2ccccc2)C(=O)N1C. The zero-order valence-corrected chi connectivity index (χ0v) is 28.0. The van der Waals surface area contributed by atoms with Gasteiger partial charge in [0, 0.05) is 25.8 Å². The number of hydrogen-bond acceptors (Lipinski definition) is 9. The summed E-state index contributed by atoms with van der Waals surface area (Å²) in [6, 6.07) is 2.29. The number of thiol groups is 1. The molecule has 5 atom stereocenters. The van der Waals surface area contributed by atoms with Gasteiger partial charge in [0.05, 0.1) is 13.0 Å². The van der Waals surface area contributed by atoms with Crippen LogP contribution in [0.4, 0.5) is 0 Å². The number of amides is 6. The molecule has 10 N–H and O–H groups in total. The number of nitrogens with two attached hydrogens (primary N) is 2. The van der Waals surface area contributed by atoms with E-state index in [0.717, 1.165) is 0 Å². The van der Waals surface area contributed by atoms with E-state index in [0.29, 0.717) is 5.56 Å². The standard InChI is InChI=1S/C30H45N9O8S/c1-16(2)24-27(44)37-18(10-7-11-33-30(31)32)25(42)34-14-23(41)35-19(13-22(40)36-21(15-48)29(46)47)26(43)38-20(28(45)39(24)3)12-17-8-5-4-6-9-17/h4-6,8-9,16,18-21,24,48H,7,10-15H2,1-3H3,(H,34,42)(H,35,41)(H,36,40)(H,37,44)(H,38,43)(H,46,47)(H4,31,32,33)/t18-,19-,20+,21+,24?/m0/s1. The summed E-state index contributed by atoms with van der Waals surface area (Å²) >= 11 is 3.92. The van der Waals surface area contributed by atoms with Crippen LogP contribution < -0.4 is 38.1 Å². The molecular weight excluding hydrogens is 646 g/mol. The van der Waals surface area contributed by atoms with Crippen molar-refractivity contribution in [1.82, 2.24) is 31.5 Å². The fraction of sp³-hybridized carbons (Fsp3) is 0.533. The highest BCUT2D eigenvalue weighted by molar-refractivity contribution is 7.80. The Morgan fingerprint density at radius 2 is 1.65 bits per heavy atom. The Bertz CT molecular complexity index is 1360. The number of rotatable bonds is 12. The third kappa shape index (κ3) is 12.4. The van der Waals surface area contributed by atoms with Gasteiger partial charge in [-0.1, -0.05) is 44.2 Å². The molecule has 6 amide bonds. The lowest BCUT2D eigenvalue weighted by Crippen LogP contribution is -2.60. The second-order valence-corrected chi connectivity index (χ2v) is 11.9. The van der Waals surface area contributed by atoms with Crippen LogP contribution in [0.3, 0.4) is 0 Å². The van der Waals surface area contributed by atoms with Crippen LogP contribution in [0.2, 0.25) is 0 Å². The Balaban J connectivity index is 2.53. The lowest BCUT2D eigenvalue weighted by atomic mass is 9.98. The third-order valence-electron chi connectivity index (χ3n) is 7.42. The van der Waals surface area contributed by atoms with Crippen molar-refractivity contribution in [3.05, 3.63) is 35.9 Å². The van der Waals surface area contributed by atoms with Crippen LogP contribution in [0.25, 0.3) is 0 Å². The number of carbonyl (C=O) groups is 7. The maximum atomic E-state index is 14.0. The van der Waals surface area contributed by atoms with Crippen LogP contribution in [0.1, 0.15) is 38.7 Å². The lowest BCUT2D eigenvalue weighted by Gasteiger charge is -2.34. The monoisotopic (exact) mass is 691 g/mol. The van der Waals surface area contributed by atoms with E-state index in [4.69, 9.17) is 11.5 Å². The van der Waals surface area contributed by atoms with Crippen molar-refractivity contribution in [2.45, 2.75) is 69.7 Å². The predicted octanol–water partition coefficient (Wildman–Crippen LogP) is -2.76. The Kier molecular flexibility index (Phi) is 15.6. The summed E-state index contributed by atoms with van der Waals surface area (Å²) in [4.78, 5) is 96.9. The van der Waals surface area contributed by atoms with E-state index < -0.39 is 90.5 Å². The van der Waals surface area contributed by atoms with Gasteiger partial charge in [-0.2, -0.15) is 12.6 Å². The zero-order valence-electron chi connectivity index (χ0n) is 27.1. The maximum absolute atomic E-state index is 14.0. The Morgan fingerprint density at radius 1 is 1.00 bits per heavy atom. The predicted molar refractivity (Wildman–Crippen MR) is 178 cm³/mol. The molecule has 0 aromatic heterocycles. The highest BCUT2D eigenvalue weighted by Gasteiger charge is 2.37. The van der Waals surface area contributed by atoms with Crippen LogP contribution in [0, 0.1) is 5.92 Å². The molecule has 1 aromatic rings. The number of carboxylic acids is 1. The first-order valence-electron chi connectivity index (χ1n) is 15.3. The summed E-state index contributed by atoms with van der Waals surface area (Å²) in [5, 5.41) is 21.6. The summed E-state index contributed by atoms with van der Waals surface area (Å²) in [5.41, 5.74) is 11.4. The van der Waals surface area contributed by atoms with Gasteiger partial charge in [0.25, 0.3) is 0 Å². The molecule has 0 saturated carbocycles. The topological polar surface area (TPSA) is 268 Å². The van der Waals surface area contributed by atoms with E-state index in [9.17, 15) is 38.7 Å². The summed E-state index contributed by atoms with van der Waals surface area (Å²) in [6.07, 6.45) is -0.355. The molecule has 1 aliphatic heterocycles. The third-order valence-corrected chi connectivity index (χ3v) is 7.79. The molecule has 0 radical (unpaired) electrons. The second kappa shape index (κ2) is 19.1. The van der Waals surface area contributed by atoms with Crippen LogP contribution >= 0.6 is 12.6 Å². The zero-order chi connectivity index (χ0) is 36.0. The van der Waals surface area contributed by atoms with Crippen molar-refractivity contribution < 1.29 is 38.7 Å². The van der Waals surface area contributed by atoms with Crippen LogP contribution in [-0.4, -0.2) is 113 Å². The minimum atomic E-state index is -1.58. The van der Waals surface area contributed by atoms with E-state index in [1.807, 2.05) is 0 Å². The van der Waals surface area contributed by atoms with Gasteiger partial charge in [-0.3, -0.25) is 33.8 Å². The van der Waals surface area contributed by atoms with E-state index >= 15 is 0 Å². The normalized spacial score (nSPS) is 21.9. The minimum absolute atomic E-state index is 0.0107. The second-order valence-electron chi connectivity index (χ2n) is 11.6. The van der Waals surface area contributed by atoms with Crippen molar-refractivity contribution in [2.75, 3.05) is 25.9 Å². The molecule has 48 heavy (non-hydrogen) atoms. The molecule has 1 saturated heterocycles. The lowest BCUT2D eigenvalue weighted by molar-refractivity contribution is -0.144. The Morgan fingerprint density at radius 3 is 2.23 bits per heavy atom. The average molecular weight is 692 g/mol. The average Bonchev–Trinajstić information content (AvgIpc) is 3.02. The Hall–Kier alpha value is -4.87. The van der Waals surface area contributed by atoms with Crippen molar-refractivity contribution in [2.24, 2.45) is 22.4 Å². The van der Waals surface area contributed by atoms with E-state index in [2.05, 4.69) is 44.2 Å². The number of carbonyl (C=O) groups excluding carboxylic acids is 6. The maximum Gasteiger partial charge on any atom is 0.327 e. The van der Waals surface area contributed by atoms with Gasteiger partial charge in [-0.25, -0.2) is 4.79 Å². The molecule has 1 aliphatic rings. The largest absolute Gasteiger partial charge is 0.480 e. The fourth-order valence-corrected chi connectivity index (χ4v) is 5.28. The van der Waals surface area contributed by atoms with Crippen molar-refractivity contribution >= 4 is 60.0 Å². The molecule has 17 nitrogen and oxygen atoms in total. The van der Waals surface area contributed by atoms with Gasteiger partial charge in [0.1, 0.15) is 30.2 Å². The molecule has 264 valence electrons. The molecule has 1 aromatic carbocycles. The highest BCUT2D eigenvalue weighted by atomic mass is 32.1. The van der Waals surface area contributed by atoms with Crippen molar-refractivity contribution in [1.29, 1.82) is 0 Å². The van der Waals surface area contributed by atoms with Gasteiger partial charge in [0.15, 0.2) is 5.96 Å². The number of guanidine groups is 1. The van der Waals surface area contributed by atoms with Gasteiger partial charge in [-0.15, -0.1) is 0 Å². The first-order chi connectivity index (χ1) is 22.6.